The molecule has 0 unspecified atom stereocenters. The van der Waals surface area contributed by atoms with Crippen LogP contribution in [0.15, 0.2) is 30.5 Å². The second-order valence-corrected chi connectivity index (χ2v) is 4.79. The van der Waals surface area contributed by atoms with Crippen LogP contribution in [0.2, 0.25) is 5.02 Å². The van der Waals surface area contributed by atoms with E-state index in [1.807, 2.05) is 16.9 Å². The van der Waals surface area contributed by atoms with Crippen LogP contribution in [-0.4, -0.2) is 9.78 Å². The van der Waals surface area contributed by atoms with Crippen LogP contribution in [0.25, 0.3) is 0 Å². The van der Waals surface area contributed by atoms with Crippen LogP contribution < -0.4 is 10.5 Å². The number of hydrogen-bond donors (Lipinski definition) is 1. The molecule has 4 nitrogen and oxygen atoms in total. The van der Waals surface area contributed by atoms with Gasteiger partial charge in [-0.1, -0.05) is 11.6 Å². The Morgan fingerprint density at radius 3 is 2.78 bits per heavy atom. The third kappa shape index (κ3) is 2.96. The zero-order valence-electron chi connectivity index (χ0n) is 10.4. The van der Waals surface area contributed by atoms with Gasteiger partial charge >= 0.3 is 0 Å². The number of ether oxygens (including phenoxy) is 1. The largest absolute Gasteiger partial charge is 0.485 e. The Labute approximate surface area is 111 Å². The van der Waals surface area contributed by atoms with E-state index in [-0.39, 0.29) is 0 Å². The van der Waals surface area contributed by atoms with Crippen molar-refractivity contribution < 1.29 is 4.74 Å². The lowest BCUT2D eigenvalue weighted by Crippen LogP contribution is -2.04. The molecule has 18 heavy (non-hydrogen) atoms. The van der Waals surface area contributed by atoms with E-state index < -0.39 is 0 Å². The lowest BCUT2D eigenvalue weighted by atomic mass is 10.3. The Morgan fingerprint density at radius 1 is 1.39 bits per heavy atom. The zero-order chi connectivity index (χ0) is 13.1. The molecule has 0 spiro atoms. The van der Waals surface area contributed by atoms with Gasteiger partial charge in [-0.25, -0.2) is 0 Å². The van der Waals surface area contributed by atoms with E-state index in [4.69, 9.17) is 22.1 Å². The molecule has 2 rings (SSSR count). The Balaban J connectivity index is 2.02. The number of nitrogens with zero attached hydrogens (tertiary/aromatic N) is 2. The summed E-state index contributed by atoms with van der Waals surface area (Å²) in [6.07, 6.45) is 1.94. The third-order valence-electron chi connectivity index (χ3n) is 2.54. The second-order valence-electron chi connectivity index (χ2n) is 4.35. The molecule has 5 heteroatoms. The minimum absolute atomic E-state index is 0.347. The van der Waals surface area contributed by atoms with Crippen LogP contribution in [-0.2, 0) is 6.61 Å². The Kier molecular flexibility index (Phi) is 3.77. The molecular weight excluding hydrogens is 250 g/mol. The molecule has 96 valence electrons. The summed E-state index contributed by atoms with van der Waals surface area (Å²) in [7, 11) is 0. The molecule has 0 atom stereocenters. The highest BCUT2D eigenvalue weighted by Gasteiger charge is 2.05. The molecule has 0 saturated carbocycles. The van der Waals surface area contributed by atoms with Gasteiger partial charge in [0.1, 0.15) is 12.4 Å². The summed E-state index contributed by atoms with van der Waals surface area (Å²) in [5.41, 5.74) is 7.21. The topological polar surface area (TPSA) is 53.1 Å². The zero-order valence-corrected chi connectivity index (χ0v) is 11.2. The smallest absolute Gasteiger partial charge is 0.142 e. The van der Waals surface area contributed by atoms with Gasteiger partial charge in [0.2, 0.25) is 0 Å². The predicted octanol–water partition coefficient (Wildman–Crippen LogP) is 3.28. The molecule has 0 radical (unpaired) electrons. The lowest BCUT2D eigenvalue weighted by molar-refractivity contribution is 0.300. The Morgan fingerprint density at radius 2 is 2.17 bits per heavy atom. The van der Waals surface area contributed by atoms with Gasteiger partial charge < -0.3 is 10.5 Å². The average molecular weight is 266 g/mol. The maximum atomic E-state index is 5.82. The lowest BCUT2D eigenvalue weighted by Gasteiger charge is -2.08. The number of anilines is 1. The van der Waals surface area contributed by atoms with E-state index >= 15 is 0 Å². The van der Waals surface area contributed by atoms with Crippen molar-refractivity contribution in [2.45, 2.75) is 26.5 Å². The number of aromatic nitrogens is 2. The summed E-state index contributed by atoms with van der Waals surface area (Å²) in [5, 5.41) is 5.00. The maximum absolute atomic E-state index is 5.82. The minimum Gasteiger partial charge on any atom is -0.485 e. The van der Waals surface area contributed by atoms with Crippen molar-refractivity contribution in [3.63, 3.8) is 0 Å². The first kappa shape index (κ1) is 12.8. The van der Waals surface area contributed by atoms with Crippen LogP contribution in [0.1, 0.15) is 25.6 Å². The fourth-order valence-corrected chi connectivity index (χ4v) is 1.72. The fraction of sp³-hybridized carbons (Fsp3) is 0.308. The molecule has 1 aromatic heterocycles. The van der Waals surface area contributed by atoms with Gasteiger partial charge in [0.25, 0.3) is 0 Å². The summed E-state index contributed by atoms with van der Waals surface area (Å²) in [4.78, 5) is 0. The van der Waals surface area contributed by atoms with E-state index in [2.05, 4.69) is 18.9 Å². The quantitative estimate of drug-likeness (QED) is 0.863. The van der Waals surface area contributed by atoms with E-state index in [1.54, 1.807) is 18.2 Å². The number of nitrogen functional groups attached to an aromatic ring is 1. The monoisotopic (exact) mass is 265 g/mol. The van der Waals surface area contributed by atoms with Crippen LogP contribution in [0.3, 0.4) is 0 Å². The van der Waals surface area contributed by atoms with Gasteiger partial charge in [-0.05, 0) is 38.1 Å². The van der Waals surface area contributed by atoms with Crippen LogP contribution >= 0.6 is 11.6 Å². The van der Waals surface area contributed by atoms with Crippen LogP contribution in [0.5, 0.6) is 5.75 Å². The highest BCUT2D eigenvalue weighted by Crippen LogP contribution is 2.25. The standard InChI is InChI=1S/C13H16ClN3O/c1-9(2)17-6-5-11(16-17)8-18-13-4-3-10(14)7-12(13)15/h3-7,9H,8,15H2,1-2H3. The molecule has 0 bridgehead atoms. The predicted molar refractivity (Wildman–Crippen MR) is 72.8 cm³/mol. The van der Waals surface area contributed by atoms with Gasteiger partial charge in [-0.15, -0.1) is 0 Å². The summed E-state index contributed by atoms with van der Waals surface area (Å²) in [5.74, 6) is 0.624. The van der Waals surface area contributed by atoms with Gasteiger partial charge in [0.05, 0.1) is 11.4 Å². The van der Waals surface area contributed by atoms with Crippen molar-refractivity contribution in [1.29, 1.82) is 0 Å². The van der Waals surface area contributed by atoms with E-state index in [1.165, 1.54) is 0 Å². The molecule has 1 aromatic carbocycles. The molecule has 0 amide bonds. The fourth-order valence-electron chi connectivity index (χ4n) is 1.54. The van der Waals surface area contributed by atoms with Crippen LogP contribution in [0.4, 0.5) is 5.69 Å². The summed E-state index contributed by atoms with van der Waals surface area (Å²) < 4.78 is 7.50. The first-order chi connectivity index (χ1) is 8.56. The molecule has 0 saturated heterocycles. The van der Waals surface area contributed by atoms with E-state index in [9.17, 15) is 0 Å². The minimum atomic E-state index is 0.347. The molecule has 0 fully saturated rings. The summed E-state index contributed by atoms with van der Waals surface area (Å²) >= 11 is 5.82. The average Bonchev–Trinajstić information content (AvgIpc) is 2.76. The third-order valence-corrected chi connectivity index (χ3v) is 2.78. The van der Waals surface area contributed by atoms with Crippen molar-refractivity contribution >= 4 is 17.3 Å². The number of halogens is 1. The SMILES string of the molecule is CC(C)n1ccc(COc2ccc(Cl)cc2N)n1. The Bertz CT molecular complexity index is 537. The molecule has 2 aromatic rings. The van der Waals surface area contributed by atoms with Gasteiger partial charge in [-0.3, -0.25) is 4.68 Å². The molecule has 0 aliphatic heterocycles. The van der Waals surface area contributed by atoms with Crippen LogP contribution in [0, 0.1) is 0 Å². The number of hydrogen-bond acceptors (Lipinski definition) is 3. The number of nitrogens with two attached hydrogens (primary N) is 1. The maximum Gasteiger partial charge on any atom is 0.142 e. The molecule has 1 heterocycles. The molecule has 0 aliphatic rings. The van der Waals surface area contributed by atoms with Gasteiger partial charge in [0.15, 0.2) is 0 Å². The van der Waals surface area contributed by atoms with Crippen molar-refractivity contribution in [3.8, 4) is 5.75 Å². The number of benzene rings is 1. The van der Waals surface area contributed by atoms with Crippen molar-refractivity contribution in [1.82, 2.24) is 9.78 Å². The first-order valence-corrected chi connectivity index (χ1v) is 6.16. The van der Waals surface area contributed by atoms with E-state index in [0.717, 1.165) is 5.69 Å². The number of rotatable bonds is 4. The summed E-state index contributed by atoms with van der Waals surface area (Å²) in [6.45, 7) is 4.55. The van der Waals surface area contributed by atoms with Gasteiger partial charge in [-0.2, -0.15) is 5.10 Å². The second kappa shape index (κ2) is 5.31. The molecule has 0 aliphatic carbocycles. The highest BCUT2D eigenvalue weighted by molar-refractivity contribution is 6.30. The van der Waals surface area contributed by atoms with Crippen molar-refractivity contribution in [2.24, 2.45) is 0 Å². The highest BCUT2D eigenvalue weighted by atomic mass is 35.5. The molecule has 2 N–H and O–H groups in total. The normalized spacial score (nSPS) is 10.9. The molecular formula is C13H16ClN3O. The van der Waals surface area contributed by atoms with Crippen molar-refractivity contribution in [3.05, 3.63) is 41.2 Å². The van der Waals surface area contributed by atoms with Crippen molar-refractivity contribution in [2.75, 3.05) is 5.73 Å². The van der Waals surface area contributed by atoms with Gasteiger partial charge in [0, 0.05) is 17.3 Å². The first-order valence-electron chi connectivity index (χ1n) is 5.78. The summed E-state index contributed by atoms with van der Waals surface area (Å²) in [6, 6.07) is 7.46. The Hall–Kier alpha value is -1.68. The van der Waals surface area contributed by atoms with E-state index in [0.29, 0.717) is 29.1 Å².